The minimum Gasteiger partial charge on any atom is -0.508 e. The molecule has 0 spiro atoms. The van der Waals surface area contributed by atoms with Gasteiger partial charge in [0.1, 0.15) is 29.5 Å². The van der Waals surface area contributed by atoms with E-state index >= 15 is 0 Å². The number of nitrogens with one attached hydrogen (secondary N) is 1. The van der Waals surface area contributed by atoms with Crippen molar-refractivity contribution < 1.29 is 17.0 Å². The van der Waals surface area contributed by atoms with Gasteiger partial charge in [-0.05, 0) is 68.8 Å². The fourth-order valence-electron chi connectivity index (χ4n) is 6.58. The second kappa shape index (κ2) is 10.2. The molecule has 0 amide bonds. The molecule has 0 saturated carbocycles. The molecule has 2 bridgehead atoms. The number of benzene rings is 2. The number of fused-ring (bicyclic) bond motifs is 4. The van der Waals surface area contributed by atoms with Crippen molar-refractivity contribution in [2.24, 2.45) is 0 Å². The van der Waals surface area contributed by atoms with Gasteiger partial charge in [-0.1, -0.05) is 13.0 Å². The molecular formula is C30H34FN7O3. The minimum atomic E-state index is -2.10. The maximum absolute atomic E-state index is 14.9. The largest absolute Gasteiger partial charge is 0.508 e. The third-order valence-electron chi connectivity index (χ3n) is 8.64. The maximum Gasteiger partial charge on any atom is 0.319 e. The van der Waals surface area contributed by atoms with E-state index in [1.807, 2.05) is 18.9 Å². The Morgan fingerprint density at radius 2 is 2.00 bits per heavy atom. The number of anilines is 1. The van der Waals surface area contributed by atoms with E-state index in [0.717, 1.165) is 30.5 Å². The molecule has 3 fully saturated rings. The topological polar surface area (TPSA) is 109 Å². The van der Waals surface area contributed by atoms with Gasteiger partial charge >= 0.3 is 6.01 Å². The molecule has 214 valence electrons. The van der Waals surface area contributed by atoms with Crippen LogP contribution in [0, 0.1) is 5.82 Å². The quantitative estimate of drug-likeness (QED) is 0.367. The Morgan fingerprint density at radius 1 is 1.20 bits per heavy atom. The van der Waals surface area contributed by atoms with Gasteiger partial charge in [-0.15, -0.1) is 0 Å². The highest BCUT2D eigenvalue weighted by atomic mass is 19.1. The number of likely N-dealkylation sites (tertiary alicyclic amines) is 1. The van der Waals surface area contributed by atoms with Gasteiger partial charge < -0.3 is 25.0 Å². The zero-order chi connectivity index (χ0) is 30.0. The van der Waals surface area contributed by atoms with Crippen LogP contribution in [0.5, 0.6) is 11.8 Å². The average Bonchev–Trinajstić information content (AvgIpc) is 3.57. The number of ether oxygens (including phenoxy) is 1. The van der Waals surface area contributed by atoms with Crippen LogP contribution in [0.15, 0.2) is 35.3 Å². The SMILES string of the molecule is [2H]C([2H])(Oc1nc(N2C[C@H]3CC[C@@H](C2)N3)c2cnn(-c3cc(O)cc4ccc(F)c(CC)c34)c(=O)c2n1)[C@@H]1CCCN1C. The summed E-state index contributed by atoms with van der Waals surface area (Å²) in [7, 11) is 1.86. The van der Waals surface area contributed by atoms with Crippen molar-refractivity contribution in [3.63, 3.8) is 0 Å². The van der Waals surface area contributed by atoms with Gasteiger partial charge in [0.05, 0.1) is 20.0 Å². The molecule has 0 radical (unpaired) electrons. The van der Waals surface area contributed by atoms with Crippen LogP contribution in [0.2, 0.25) is 0 Å². The summed E-state index contributed by atoms with van der Waals surface area (Å²) in [6.45, 7) is 1.82. The number of phenolic OH excluding ortho intramolecular Hbond substituents is 1. The van der Waals surface area contributed by atoms with E-state index in [0.29, 0.717) is 53.5 Å². The summed E-state index contributed by atoms with van der Waals surface area (Å²) < 4.78 is 39.4. The molecule has 11 heteroatoms. The lowest BCUT2D eigenvalue weighted by Gasteiger charge is -2.34. The highest BCUT2D eigenvalue weighted by Gasteiger charge is 2.34. The number of aryl methyl sites for hydroxylation is 1. The molecule has 5 heterocycles. The Kier molecular flexibility index (Phi) is 5.94. The van der Waals surface area contributed by atoms with Crippen LogP contribution in [0.25, 0.3) is 27.4 Å². The van der Waals surface area contributed by atoms with Crippen LogP contribution < -0.4 is 20.5 Å². The van der Waals surface area contributed by atoms with Gasteiger partial charge in [-0.2, -0.15) is 19.7 Å². The molecule has 3 aliphatic heterocycles. The molecule has 41 heavy (non-hydrogen) atoms. The molecule has 3 atom stereocenters. The number of hydrogen-bond acceptors (Lipinski definition) is 9. The van der Waals surface area contributed by atoms with E-state index in [4.69, 9.17) is 7.48 Å². The van der Waals surface area contributed by atoms with Crippen molar-refractivity contribution in [3.8, 4) is 17.4 Å². The van der Waals surface area contributed by atoms with E-state index in [2.05, 4.69) is 25.3 Å². The maximum atomic E-state index is 14.9. The van der Waals surface area contributed by atoms with Crippen LogP contribution in [0.3, 0.4) is 0 Å². The van der Waals surface area contributed by atoms with Gasteiger partial charge in [0.2, 0.25) is 0 Å². The molecule has 3 saturated heterocycles. The standard InChI is InChI=1S/C30H34FN7O3/c1-3-22-24(31)9-6-17-11-21(39)12-25(26(17)22)38-29(40)27-23(13-32-38)28(37-14-18-7-8-19(15-37)33-18)35-30(34-27)41-16-20-5-4-10-36(20)2/h6,9,11-13,18-20,33,39H,3-5,7-8,10,14-16H2,1-2H3/t18-,19+,20-/m0/s1/i16D2. The smallest absolute Gasteiger partial charge is 0.319 e. The van der Waals surface area contributed by atoms with Crippen molar-refractivity contribution >= 4 is 27.5 Å². The molecule has 2 N–H and O–H groups in total. The van der Waals surface area contributed by atoms with Gasteiger partial charge in [0.15, 0.2) is 0 Å². The van der Waals surface area contributed by atoms with E-state index in [1.54, 1.807) is 6.07 Å². The number of aromatic nitrogens is 4. The number of aromatic hydroxyl groups is 1. The second-order valence-electron chi connectivity index (χ2n) is 11.3. The predicted octanol–water partition coefficient (Wildman–Crippen LogP) is 3.15. The third kappa shape index (κ3) is 4.57. The first kappa shape index (κ1) is 23.8. The van der Waals surface area contributed by atoms with Crippen LogP contribution in [0.4, 0.5) is 10.2 Å². The number of nitrogens with zero attached hydrogens (tertiary/aromatic N) is 6. The first-order valence-electron chi connectivity index (χ1n) is 15.3. The first-order valence-corrected chi connectivity index (χ1v) is 14.3. The van der Waals surface area contributed by atoms with Crippen molar-refractivity contribution in [2.75, 3.05) is 38.1 Å². The Labute approximate surface area is 239 Å². The summed E-state index contributed by atoms with van der Waals surface area (Å²) in [6.07, 6.45) is 5.43. The second-order valence-corrected chi connectivity index (χ2v) is 11.3. The molecular weight excluding hydrogens is 525 g/mol. The summed E-state index contributed by atoms with van der Waals surface area (Å²) in [5.41, 5.74) is 0.0196. The number of piperazine rings is 1. The first-order chi connectivity index (χ1) is 20.6. The van der Waals surface area contributed by atoms with E-state index < -0.39 is 24.0 Å². The van der Waals surface area contributed by atoms with Crippen molar-refractivity contribution in [2.45, 2.75) is 57.2 Å². The van der Waals surface area contributed by atoms with Gasteiger partial charge in [-0.3, -0.25) is 4.79 Å². The normalized spacial score (nSPS) is 23.8. The number of halogens is 1. The summed E-state index contributed by atoms with van der Waals surface area (Å²) in [6, 6.07) is 5.67. The van der Waals surface area contributed by atoms with E-state index in [1.165, 1.54) is 24.4 Å². The Bertz CT molecular complexity index is 1790. The zero-order valence-electron chi connectivity index (χ0n) is 25.1. The van der Waals surface area contributed by atoms with Gasteiger partial charge in [-0.25, -0.2) is 4.39 Å². The summed E-state index contributed by atoms with van der Waals surface area (Å²) in [5.74, 6) is -0.0437. The van der Waals surface area contributed by atoms with Crippen LogP contribution >= 0.6 is 0 Å². The number of likely N-dealkylation sites (N-methyl/N-ethyl adjacent to an activating group) is 1. The van der Waals surface area contributed by atoms with Crippen LogP contribution in [-0.2, 0) is 6.42 Å². The molecule has 0 aliphatic carbocycles. The number of phenols is 1. The summed E-state index contributed by atoms with van der Waals surface area (Å²) in [5, 5.41) is 20.1. The van der Waals surface area contributed by atoms with E-state index in [9.17, 15) is 14.3 Å². The van der Waals surface area contributed by atoms with Gasteiger partial charge in [0, 0.05) is 42.7 Å². The molecule has 3 aliphatic rings. The Hall–Kier alpha value is -3.83. The monoisotopic (exact) mass is 561 g/mol. The lowest BCUT2D eigenvalue weighted by Crippen LogP contribution is -2.51. The lowest BCUT2D eigenvalue weighted by atomic mass is 10.00. The average molecular weight is 562 g/mol. The molecule has 4 aromatic rings. The van der Waals surface area contributed by atoms with Crippen LogP contribution in [0.1, 0.15) is 40.9 Å². The van der Waals surface area contributed by atoms with Crippen molar-refractivity contribution in [1.82, 2.24) is 30.0 Å². The molecule has 0 unspecified atom stereocenters. The fourth-order valence-corrected chi connectivity index (χ4v) is 6.58. The number of hydrogen-bond donors (Lipinski definition) is 2. The van der Waals surface area contributed by atoms with Crippen molar-refractivity contribution in [1.29, 1.82) is 0 Å². The third-order valence-corrected chi connectivity index (χ3v) is 8.64. The fraction of sp³-hybridized carbons (Fsp3) is 0.467. The molecule has 7 rings (SSSR count). The Morgan fingerprint density at radius 3 is 2.73 bits per heavy atom. The zero-order valence-corrected chi connectivity index (χ0v) is 23.1. The summed E-state index contributed by atoms with van der Waals surface area (Å²) >= 11 is 0. The van der Waals surface area contributed by atoms with Crippen LogP contribution in [-0.4, -0.2) is 81.1 Å². The highest BCUT2D eigenvalue weighted by Crippen LogP contribution is 2.33. The predicted molar refractivity (Wildman–Crippen MR) is 155 cm³/mol. The van der Waals surface area contributed by atoms with Gasteiger partial charge in [0.25, 0.3) is 5.56 Å². The van der Waals surface area contributed by atoms with E-state index in [-0.39, 0.29) is 35.0 Å². The minimum absolute atomic E-state index is 0.00222. The summed E-state index contributed by atoms with van der Waals surface area (Å²) in [4.78, 5) is 27.4. The Balaban J connectivity index is 1.42. The lowest BCUT2D eigenvalue weighted by molar-refractivity contribution is 0.188. The molecule has 10 nitrogen and oxygen atoms in total. The molecule has 2 aromatic carbocycles. The van der Waals surface area contributed by atoms with Crippen molar-refractivity contribution in [3.05, 3.63) is 52.2 Å². The highest BCUT2D eigenvalue weighted by molar-refractivity contribution is 5.95. The molecule has 2 aromatic heterocycles. The number of rotatable bonds is 6.